The Morgan fingerprint density at radius 2 is 1.79 bits per heavy atom. The average molecular weight is 205 g/mol. The van der Waals surface area contributed by atoms with Crippen molar-refractivity contribution in [3.63, 3.8) is 0 Å². The van der Waals surface area contributed by atoms with Gasteiger partial charge in [0, 0.05) is 5.56 Å². The topological polar surface area (TPSA) is 28.9 Å². The Labute approximate surface area is 87.6 Å². The van der Waals surface area contributed by atoms with Crippen molar-refractivity contribution in [2.75, 3.05) is 0 Å². The molecule has 1 heterocycles. The minimum Gasteiger partial charge on any atom is -0.437 e. The molecule has 0 spiro atoms. The number of hydrogen-bond acceptors (Lipinski definition) is 2. The van der Waals surface area contributed by atoms with Crippen molar-refractivity contribution in [1.29, 1.82) is 0 Å². The zero-order valence-electron chi connectivity index (χ0n) is 8.13. The van der Waals surface area contributed by atoms with Crippen LogP contribution in [0.5, 0.6) is 0 Å². The van der Waals surface area contributed by atoms with Gasteiger partial charge in [0.05, 0.1) is 5.69 Å². The molecular formula is C11H11NOS. The Balaban J connectivity index is 2.56. The fourth-order valence-electron chi connectivity index (χ4n) is 1.55. The number of oxazole rings is 1. The van der Waals surface area contributed by atoms with Crippen LogP contribution in [0.3, 0.4) is 0 Å². The molecule has 0 radical (unpaired) electrons. The lowest BCUT2D eigenvalue weighted by Crippen LogP contribution is -1.82. The summed E-state index contributed by atoms with van der Waals surface area (Å²) in [6, 6.07) is 6.34. The summed E-state index contributed by atoms with van der Waals surface area (Å²) in [5.74, 6) is 0. The highest BCUT2D eigenvalue weighted by atomic mass is 32.1. The maximum Gasteiger partial charge on any atom is 0.266 e. The third-order valence-electron chi connectivity index (χ3n) is 2.05. The van der Waals surface area contributed by atoms with Crippen molar-refractivity contribution < 1.29 is 4.42 Å². The largest absolute Gasteiger partial charge is 0.437 e. The van der Waals surface area contributed by atoms with Crippen molar-refractivity contribution in [3.8, 4) is 11.3 Å². The number of aryl methyl sites for hydroxylation is 2. The molecule has 1 aromatic carbocycles. The van der Waals surface area contributed by atoms with Crippen LogP contribution in [0.15, 0.2) is 28.9 Å². The van der Waals surface area contributed by atoms with Gasteiger partial charge in [-0.05, 0) is 38.2 Å². The zero-order chi connectivity index (χ0) is 10.1. The summed E-state index contributed by atoms with van der Waals surface area (Å²) in [6.07, 6.45) is 1.65. The van der Waals surface area contributed by atoms with Crippen molar-refractivity contribution in [2.45, 2.75) is 13.8 Å². The van der Waals surface area contributed by atoms with E-state index in [2.05, 4.69) is 37.0 Å². The maximum absolute atomic E-state index is 5.06. The highest BCUT2D eigenvalue weighted by Gasteiger charge is 2.01. The first kappa shape index (κ1) is 9.21. The molecule has 0 amide bonds. The first-order valence-electron chi connectivity index (χ1n) is 4.41. The van der Waals surface area contributed by atoms with Crippen molar-refractivity contribution in [3.05, 3.63) is 40.4 Å². The molecule has 2 aromatic rings. The lowest BCUT2D eigenvalue weighted by Gasteiger charge is -2.01. The Kier molecular flexibility index (Phi) is 2.25. The Morgan fingerprint density at radius 1 is 1.14 bits per heavy atom. The molecule has 1 aromatic heterocycles. The third-order valence-corrected chi connectivity index (χ3v) is 2.25. The number of benzene rings is 1. The molecule has 0 aliphatic carbocycles. The Morgan fingerprint density at radius 3 is 2.29 bits per heavy atom. The lowest BCUT2D eigenvalue weighted by molar-refractivity contribution is 0.541. The summed E-state index contributed by atoms with van der Waals surface area (Å²) >= 11 is 4.88. The fourth-order valence-corrected chi connectivity index (χ4v) is 1.71. The van der Waals surface area contributed by atoms with Crippen LogP contribution < -0.4 is 0 Å². The fraction of sp³-hybridized carbons (Fsp3) is 0.182. The summed E-state index contributed by atoms with van der Waals surface area (Å²) in [4.78, 5) is 3.41. The minimum atomic E-state index is 0.416. The second-order valence-electron chi connectivity index (χ2n) is 3.44. The summed E-state index contributed by atoms with van der Waals surface area (Å²) < 4.78 is 5.06. The Bertz CT molecular complexity index is 490. The summed E-state index contributed by atoms with van der Waals surface area (Å²) in [5.41, 5.74) is 4.52. The van der Waals surface area contributed by atoms with E-state index in [1.54, 1.807) is 6.26 Å². The molecular weight excluding hydrogens is 194 g/mol. The second kappa shape index (κ2) is 3.42. The molecule has 0 aliphatic rings. The average Bonchev–Trinajstić information content (AvgIpc) is 2.50. The molecule has 0 bridgehead atoms. The maximum atomic E-state index is 5.06. The first-order valence-corrected chi connectivity index (χ1v) is 4.82. The highest BCUT2D eigenvalue weighted by molar-refractivity contribution is 7.71. The molecule has 0 saturated carbocycles. The van der Waals surface area contributed by atoms with Crippen molar-refractivity contribution in [1.82, 2.24) is 4.98 Å². The molecule has 72 valence electrons. The molecule has 14 heavy (non-hydrogen) atoms. The van der Waals surface area contributed by atoms with Gasteiger partial charge in [0.15, 0.2) is 0 Å². The molecule has 0 fully saturated rings. The Hall–Kier alpha value is -1.35. The van der Waals surface area contributed by atoms with Crippen LogP contribution in [0.4, 0.5) is 0 Å². The van der Waals surface area contributed by atoms with E-state index in [4.69, 9.17) is 16.6 Å². The summed E-state index contributed by atoms with van der Waals surface area (Å²) in [6.45, 7) is 4.15. The van der Waals surface area contributed by atoms with Crippen LogP contribution >= 0.6 is 12.2 Å². The number of hydrogen-bond donors (Lipinski definition) is 1. The lowest BCUT2D eigenvalue weighted by atomic mass is 10.1. The molecule has 2 nitrogen and oxygen atoms in total. The van der Waals surface area contributed by atoms with Crippen LogP contribution in [0, 0.1) is 18.7 Å². The normalized spacial score (nSPS) is 10.4. The minimum absolute atomic E-state index is 0.416. The van der Waals surface area contributed by atoms with E-state index in [0.29, 0.717) is 4.84 Å². The van der Waals surface area contributed by atoms with E-state index < -0.39 is 0 Å². The molecule has 0 aliphatic heterocycles. The standard InChI is InChI=1S/C11H11NOS/c1-7-3-8(2)5-9(4-7)10-6-13-11(14)12-10/h3-6H,1-2H3,(H,12,14). The highest BCUT2D eigenvalue weighted by Crippen LogP contribution is 2.20. The van der Waals surface area contributed by atoms with Gasteiger partial charge in [-0.1, -0.05) is 17.2 Å². The summed E-state index contributed by atoms with van der Waals surface area (Å²) in [7, 11) is 0. The van der Waals surface area contributed by atoms with Gasteiger partial charge in [-0.3, -0.25) is 0 Å². The zero-order valence-corrected chi connectivity index (χ0v) is 8.94. The molecule has 1 N–H and O–H groups in total. The number of rotatable bonds is 1. The molecule has 0 atom stereocenters. The van der Waals surface area contributed by atoms with E-state index in [0.717, 1.165) is 11.3 Å². The van der Waals surface area contributed by atoms with Crippen LogP contribution in [0.2, 0.25) is 0 Å². The van der Waals surface area contributed by atoms with E-state index >= 15 is 0 Å². The van der Waals surface area contributed by atoms with Crippen LogP contribution in [0.25, 0.3) is 11.3 Å². The van der Waals surface area contributed by atoms with E-state index in [1.807, 2.05) is 0 Å². The van der Waals surface area contributed by atoms with Crippen LogP contribution in [0.1, 0.15) is 11.1 Å². The molecule has 0 unspecified atom stereocenters. The molecule has 0 saturated heterocycles. The number of H-pyrrole nitrogens is 1. The van der Waals surface area contributed by atoms with Crippen LogP contribution in [-0.4, -0.2) is 4.98 Å². The van der Waals surface area contributed by atoms with Gasteiger partial charge in [-0.25, -0.2) is 0 Å². The van der Waals surface area contributed by atoms with E-state index in [-0.39, 0.29) is 0 Å². The van der Waals surface area contributed by atoms with Gasteiger partial charge < -0.3 is 9.40 Å². The second-order valence-corrected chi connectivity index (χ2v) is 3.81. The SMILES string of the molecule is Cc1cc(C)cc(-c2coc(=S)[nH]2)c1. The smallest absolute Gasteiger partial charge is 0.266 e. The predicted molar refractivity (Wildman–Crippen MR) is 58.8 cm³/mol. The first-order chi connectivity index (χ1) is 6.65. The van der Waals surface area contributed by atoms with Gasteiger partial charge in [-0.2, -0.15) is 0 Å². The number of nitrogens with one attached hydrogen (secondary N) is 1. The van der Waals surface area contributed by atoms with Crippen LogP contribution in [-0.2, 0) is 0 Å². The predicted octanol–water partition coefficient (Wildman–Crippen LogP) is 3.62. The van der Waals surface area contributed by atoms with Gasteiger partial charge in [0.1, 0.15) is 6.26 Å². The molecule has 2 rings (SSSR count). The van der Waals surface area contributed by atoms with Crippen molar-refractivity contribution >= 4 is 12.2 Å². The molecule has 3 heteroatoms. The monoisotopic (exact) mass is 205 g/mol. The van der Waals surface area contributed by atoms with Gasteiger partial charge in [-0.15, -0.1) is 0 Å². The van der Waals surface area contributed by atoms with Crippen molar-refractivity contribution in [2.24, 2.45) is 0 Å². The van der Waals surface area contributed by atoms with Gasteiger partial charge >= 0.3 is 0 Å². The number of aromatic nitrogens is 1. The summed E-state index contributed by atoms with van der Waals surface area (Å²) in [5, 5.41) is 0. The van der Waals surface area contributed by atoms with Gasteiger partial charge in [0.25, 0.3) is 4.84 Å². The van der Waals surface area contributed by atoms with E-state index in [1.165, 1.54) is 11.1 Å². The van der Waals surface area contributed by atoms with Gasteiger partial charge in [0.2, 0.25) is 0 Å². The quantitative estimate of drug-likeness (QED) is 0.720. The van der Waals surface area contributed by atoms with E-state index in [9.17, 15) is 0 Å². The third kappa shape index (κ3) is 1.77. The number of aromatic amines is 1.